The van der Waals surface area contributed by atoms with Crippen LogP contribution in [0.1, 0.15) is 65.3 Å². The van der Waals surface area contributed by atoms with E-state index in [2.05, 4.69) is 78.9 Å². The van der Waals surface area contributed by atoms with Gasteiger partial charge in [0.2, 0.25) is 0 Å². The number of allylic oxidation sites excluding steroid dienone is 1. The summed E-state index contributed by atoms with van der Waals surface area (Å²) in [5.74, 6) is -0.170. The predicted molar refractivity (Wildman–Crippen MR) is 176 cm³/mol. The maximum atomic E-state index is 12.7. The van der Waals surface area contributed by atoms with Crippen LogP contribution in [0.15, 0.2) is 78.9 Å². The lowest BCUT2D eigenvalue weighted by molar-refractivity contribution is -0.276. The molecular weight excluding hydrogens is 550 g/mol. The van der Waals surface area contributed by atoms with Gasteiger partial charge in [-0.3, -0.25) is 4.79 Å². The number of amides is 1. The second-order valence-corrected chi connectivity index (χ2v) is 12.6. The Morgan fingerprint density at radius 1 is 0.907 bits per heavy atom. The number of hydroxylamine groups is 2. The van der Waals surface area contributed by atoms with Crippen LogP contribution in [0.25, 0.3) is 39.3 Å². The van der Waals surface area contributed by atoms with Gasteiger partial charge in [0.15, 0.2) is 6.29 Å². The SMILES string of the molecule is CCN(OC1CCCCO1)C(=O)C=Cc1ccc(-c2ccc(C3=Cc4ccc5c(c4CC3)CCc3ccccc3-5)s2)cc1. The Hall–Kier alpha value is -3.77. The molecule has 1 unspecified atom stereocenters. The van der Waals surface area contributed by atoms with E-state index in [1.165, 1.54) is 48.2 Å². The molecule has 0 spiro atoms. The topological polar surface area (TPSA) is 38.8 Å². The van der Waals surface area contributed by atoms with Gasteiger partial charge in [0.05, 0.1) is 0 Å². The van der Waals surface area contributed by atoms with E-state index in [0.29, 0.717) is 13.2 Å². The molecule has 1 saturated heterocycles. The molecule has 0 bridgehead atoms. The fraction of sp³-hybridized carbons (Fsp3) is 0.289. The van der Waals surface area contributed by atoms with Gasteiger partial charge in [0.25, 0.3) is 5.91 Å². The number of benzene rings is 3. The van der Waals surface area contributed by atoms with Gasteiger partial charge < -0.3 is 4.74 Å². The summed E-state index contributed by atoms with van der Waals surface area (Å²) >= 11 is 1.86. The highest BCUT2D eigenvalue weighted by Crippen LogP contribution is 2.42. The van der Waals surface area contributed by atoms with Crippen LogP contribution in [0.3, 0.4) is 0 Å². The average Bonchev–Trinajstić information content (AvgIpc) is 3.57. The van der Waals surface area contributed by atoms with E-state index >= 15 is 0 Å². The second kappa shape index (κ2) is 12.5. The van der Waals surface area contributed by atoms with E-state index in [0.717, 1.165) is 50.5 Å². The lowest BCUT2D eigenvalue weighted by Crippen LogP contribution is -2.36. The van der Waals surface area contributed by atoms with Gasteiger partial charge in [0.1, 0.15) is 0 Å². The van der Waals surface area contributed by atoms with Crippen LogP contribution in [0.4, 0.5) is 0 Å². The van der Waals surface area contributed by atoms with Crippen molar-refractivity contribution in [2.75, 3.05) is 13.2 Å². The molecule has 3 aromatic carbocycles. The van der Waals surface area contributed by atoms with Crippen molar-refractivity contribution < 1.29 is 14.4 Å². The molecule has 4 nitrogen and oxygen atoms in total. The molecule has 2 heterocycles. The van der Waals surface area contributed by atoms with Crippen molar-refractivity contribution in [3.05, 3.63) is 112 Å². The number of nitrogens with zero attached hydrogens (tertiary/aromatic N) is 1. The lowest BCUT2D eigenvalue weighted by Gasteiger charge is -2.28. The number of fused-ring (bicyclic) bond motifs is 5. The molecule has 43 heavy (non-hydrogen) atoms. The molecular formula is C38H37NO3S. The van der Waals surface area contributed by atoms with E-state index in [9.17, 15) is 4.79 Å². The monoisotopic (exact) mass is 587 g/mol. The first kappa shape index (κ1) is 28.0. The zero-order valence-electron chi connectivity index (χ0n) is 24.7. The fourth-order valence-electron chi connectivity index (χ4n) is 6.55. The highest BCUT2D eigenvalue weighted by molar-refractivity contribution is 7.16. The van der Waals surface area contributed by atoms with E-state index < -0.39 is 0 Å². The fourth-order valence-corrected chi connectivity index (χ4v) is 7.60. The standard InChI is InChI=1S/C38H37NO3S/c1-2-39(42-38-9-5-6-24-41-38)37(40)23-12-26-10-13-28(14-11-26)35-21-22-36(43-35)30-17-18-32-29(25-30)16-20-33-31-8-4-3-7-27(31)15-19-34(32)33/h3-4,7-8,10-14,16,20-23,25,38H,2,5-6,9,15,17-19,24H2,1H3. The third-order valence-corrected chi connectivity index (χ3v) is 10.1. The van der Waals surface area contributed by atoms with Crippen LogP contribution in [-0.2, 0) is 33.6 Å². The van der Waals surface area contributed by atoms with Crippen LogP contribution in [-0.4, -0.2) is 30.4 Å². The van der Waals surface area contributed by atoms with Gasteiger partial charge in [0, 0.05) is 35.4 Å². The molecule has 0 N–H and O–H groups in total. The van der Waals surface area contributed by atoms with Crippen molar-refractivity contribution in [1.29, 1.82) is 0 Å². The normalized spacial score (nSPS) is 17.6. The van der Waals surface area contributed by atoms with Gasteiger partial charge in [-0.1, -0.05) is 66.7 Å². The minimum absolute atomic E-state index is 0.170. The van der Waals surface area contributed by atoms with Gasteiger partial charge in [-0.2, -0.15) is 0 Å². The Balaban J connectivity index is 1.03. The molecule has 7 rings (SSSR count). The van der Waals surface area contributed by atoms with E-state index in [1.807, 2.05) is 24.3 Å². The van der Waals surface area contributed by atoms with Crippen molar-refractivity contribution in [1.82, 2.24) is 5.06 Å². The molecule has 2 aliphatic carbocycles. The van der Waals surface area contributed by atoms with Gasteiger partial charge >= 0.3 is 0 Å². The smallest absolute Gasteiger partial charge is 0.270 e. The van der Waals surface area contributed by atoms with Crippen LogP contribution >= 0.6 is 11.3 Å². The van der Waals surface area contributed by atoms with E-state index in [-0.39, 0.29) is 12.2 Å². The third-order valence-electron chi connectivity index (χ3n) is 8.85. The summed E-state index contributed by atoms with van der Waals surface area (Å²) in [5.41, 5.74) is 12.4. The molecule has 1 atom stereocenters. The maximum Gasteiger partial charge on any atom is 0.270 e. The van der Waals surface area contributed by atoms with E-state index in [1.54, 1.807) is 17.2 Å². The minimum atomic E-state index is -0.330. The number of carbonyl (C=O) groups excluding carboxylic acids is 1. The lowest BCUT2D eigenvalue weighted by atomic mass is 9.78. The van der Waals surface area contributed by atoms with Crippen molar-refractivity contribution in [2.45, 2.75) is 58.2 Å². The van der Waals surface area contributed by atoms with Gasteiger partial charge in [-0.25, -0.2) is 9.90 Å². The van der Waals surface area contributed by atoms with Crippen LogP contribution in [0, 0.1) is 0 Å². The molecule has 218 valence electrons. The summed E-state index contributed by atoms with van der Waals surface area (Å²) in [6.45, 7) is 3.07. The number of aryl methyl sites for hydroxylation is 1. The molecule has 0 saturated carbocycles. The zero-order chi connectivity index (χ0) is 29.2. The van der Waals surface area contributed by atoms with E-state index in [4.69, 9.17) is 9.57 Å². The first-order valence-corrected chi connectivity index (χ1v) is 16.4. The molecule has 4 aromatic rings. The Labute approximate surface area is 258 Å². The molecule has 1 fully saturated rings. The molecule has 1 aliphatic heterocycles. The molecule has 1 aromatic heterocycles. The zero-order valence-corrected chi connectivity index (χ0v) is 25.5. The number of hydrogen-bond donors (Lipinski definition) is 0. The van der Waals surface area contributed by atoms with Gasteiger partial charge in [-0.15, -0.1) is 11.3 Å². The molecule has 3 aliphatic rings. The maximum absolute atomic E-state index is 12.7. The first-order valence-electron chi connectivity index (χ1n) is 15.6. The molecule has 1 amide bonds. The quantitative estimate of drug-likeness (QED) is 0.160. The number of hydrogen-bond acceptors (Lipinski definition) is 4. The van der Waals surface area contributed by atoms with Crippen LogP contribution < -0.4 is 0 Å². The van der Waals surface area contributed by atoms with Crippen LogP contribution in [0.5, 0.6) is 0 Å². The number of likely N-dealkylation sites (N-methyl/N-ethyl adjacent to an activating group) is 1. The Morgan fingerprint density at radius 2 is 1.74 bits per heavy atom. The van der Waals surface area contributed by atoms with Crippen molar-refractivity contribution in [3.8, 4) is 21.6 Å². The number of thiophene rings is 1. The highest BCUT2D eigenvalue weighted by Gasteiger charge is 2.23. The summed E-state index contributed by atoms with van der Waals surface area (Å²) in [7, 11) is 0. The first-order chi connectivity index (χ1) is 21.2. The number of ether oxygens (including phenoxy) is 1. The van der Waals surface area contributed by atoms with Crippen LogP contribution in [0.2, 0.25) is 0 Å². The molecule has 0 radical (unpaired) electrons. The summed E-state index contributed by atoms with van der Waals surface area (Å²) in [4.78, 5) is 21.1. The summed E-state index contributed by atoms with van der Waals surface area (Å²) in [6.07, 6.45) is 12.9. The number of rotatable bonds is 7. The highest BCUT2D eigenvalue weighted by atomic mass is 32.1. The number of carbonyl (C=O) groups is 1. The summed E-state index contributed by atoms with van der Waals surface area (Å²) in [6, 6.07) is 26.5. The molecule has 5 heteroatoms. The van der Waals surface area contributed by atoms with Crippen molar-refractivity contribution in [3.63, 3.8) is 0 Å². The minimum Gasteiger partial charge on any atom is -0.350 e. The Kier molecular flexibility index (Phi) is 8.12. The Morgan fingerprint density at radius 3 is 2.58 bits per heavy atom. The summed E-state index contributed by atoms with van der Waals surface area (Å²) < 4.78 is 5.62. The average molecular weight is 588 g/mol. The largest absolute Gasteiger partial charge is 0.350 e. The second-order valence-electron chi connectivity index (χ2n) is 11.5. The predicted octanol–water partition coefficient (Wildman–Crippen LogP) is 8.99. The van der Waals surface area contributed by atoms with Crippen molar-refractivity contribution in [2.24, 2.45) is 0 Å². The Bertz CT molecular complexity index is 1690. The van der Waals surface area contributed by atoms with Gasteiger partial charge in [-0.05, 0) is 114 Å². The third kappa shape index (κ3) is 5.90. The summed E-state index contributed by atoms with van der Waals surface area (Å²) in [5, 5.41) is 1.39. The van der Waals surface area contributed by atoms with Crippen molar-refractivity contribution >= 4 is 35.0 Å².